The van der Waals surface area contributed by atoms with E-state index in [0.717, 1.165) is 78.6 Å². The number of hydrogen-bond acceptors (Lipinski definition) is 12. The maximum absolute atomic E-state index is 13.8. The lowest BCUT2D eigenvalue weighted by Crippen LogP contribution is -2.42. The Morgan fingerprint density at radius 3 is 1.33 bits per heavy atom. The van der Waals surface area contributed by atoms with Gasteiger partial charge in [0.05, 0.1) is 61.9 Å². The smallest absolute Gasteiger partial charge is 0.272 e. The maximum Gasteiger partial charge on any atom is 0.272 e. The molecule has 0 saturated heterocycles. The highest BCUT2D eigenvalue weighted by molar-refractivity contribution is 5.96. The van der Waals surface area contributed by atoms with Crippen LogP contribution >= 0.6 is 0 Å². The van der Waals surface area contributed by atoms with E-state index in [4.69, 9.17) is 29.1 Å². The van der Waals surface area contributed by atoms with Gasteiger partial charge in [-0.1, -0.05) is 140 Å². The Kier molecular flexibility index (Phi) is 26.5. The Labute approximate surface area is 537 Å². The van der Waals surface area contributed by atoms with Crippen molar-refractivity contribution in [3.05, 3.63) is 132 Å². The van der Waals surface area contributed by atoms with E-state index in [2.05, 4.69) is 28.2 Å². The molecule has 2 unspecified atom stereocenters. The number of likely N-dealkylation sites (N-methyl/N-ethyl adjacent to an activating group) is 2. The molecule has 6 amide bonds. The number of benzene rings is 4. The van der Waals surface area contributed by atoms with Crippen LogP contribution < -0.4 is 40.2 Å². The molecule has 4 atom stereocenters. The lowest BCUT2D eigenvalue weighted by atomic mass is 9.87. The fraction of sp³-hybridized carbons (Fsp3) is 0.493. The highest BCUT2D eigenvalue weighted by Crippen LogP contribution is 2.44. The van der Waals surface area contributed by atoms with Crippen LogP contribution in [-0.2, 0) is 32.4 Å². The van der Waals surface area contributed by atoms with Crippen molar-refractivity contribution in [2.75, 3.05) is 55.5 Å². The second-order valence-corrected chi connectivity index (χ2v) is 25.3. The van der Waals surface area contributed by atoms with E-state index < -0.39 is 12.1 Å². The van der Waals surface area contributed by atoms with Gasteiger partial charge in [-0.3, -0.25) is 38.1 Å². The molecule has 2 aliphatic carbocycles. The van der Waals surface area contributed by atoms with E-state index in [1.165, 1.54) is 22.6 Å². The van der Waals surface area contributed by atoms with Crippen LogP contribution in [0.4, 0.5) is 0 Å². The Balaban J connectivity index is 0.000000259. The molecule has 4 aromatic carbocycles. The zero-order chi connectivity index (χ0) is 65.6. The lowest BCUT2D eigenvalue weighted by molar-refractivity contribution is -0.131. The average Bonchev–Trinajstić information content (AvgIpc) is 1.71. The number of amides is 6. The quantitative estimate of drug-likeness (QED) is 0.0360. The van der Waals surface area contributed by atoms with Gasteiger partial charge >= 0.3 is 0 Å². The zero-order valence-electron chi connectivity index (χ0n) is 55.2. The summed E-state index contributed by atoms with van der Waals surface area (Å²) in [4.78, 5) is 79.8. The fourth-order valence-electron chi connectivity index (χ4n) is 11.8. The Morgan fingerprint density at radius 2 is 0.934 bits per heavy atom. The number of hydrogen-bond donors (Lipinski definition) is 4. The van der Waals surface area contributed by atoms with Gasteiger partial charge in [0.1, 0.15) is 36.2 Å². The topological polar surface area (TPSA) is 230 Å². The van der Waals surface area contributed by atoms with E-state index in [1.54, 1.807) is 48.5 Å². The van der Waals surface area contributed by atoms with Gasteiger partial charge in [0.15, 0.2) is 11.4 Å². The Morgan fingerprint density at radius 1 is 0.527 bits per heavy atom. The number of nitrogens with zero attached hydrogens (tertiary/aromatic N) is 6. The molecule has 2 heterocycles. The molecular weight excluding hydrogens is 1150 g/mol. The molecule has 2 aromatic heterocycles. The predicted octanol–water partition coefficient (Wildman–Crippen LogP) is 11.0. The maximum atomic E-state index is 13.8. The minimum Gasteiger partial charge on any atom is -0.496 e. The molecule has 20 heteroatoms. The van der Waals surface area contributed by atoms with Crippen LogP contribution in [0.15, 0.2) is 109 Å². The molecule has 0 bridgehead atoms. The summed E-state index contributed by atoms with van der Waals surface area (Å²) < 4.78 is 28.3. The normalized spacial score (nSPS) is 15.5. The van der Waals surface area contributed by atoms with Crippen LogP contribution in [0.3, 0.4) is 0 Å². The van der Waals surface area contributed by atoms with E-state index in [9.17, 15) is 28.8 Å². The molecular formula is C71H96N10O10. The van der Waals surface area contributed by atoms with Gasteiger partial charge in [0, 0.05) is 53.1 Å². The first kappa shape index (κ1) is 69.8. The molecule has 91 heavy (non-hydrogen) atoms. The SMILES string of the molecule is COc1cccc(OCc2ccccc2)c1-c1cc(C(=O)N[C@H](CC(=O)NCC(=O)N(C)C)CC(C)C)nn1C1CCCC(C)C1.COc1cccc(OCc2ccccc2)c1-c1cc(C(=O)N[C@H](CC(=O)NCC(=O)N(C)C)CC(C)C)nn1C1CCCCC1. The number of methoxy groups -OCH3 is 2. The van der Waals surface area contributed by atoms with Gasteiger partial charge in [-0.05, 0) is 104 Å². The van der Waals surface area contributed by atoms with Gasteiger partial charge in [0.2, 0.25) is 23.6 Å². The van der Waals surface area contributed by atoms with Gasteiger partial charge in [-0.15, -0.1) is 0 Å². The van der Waals surface area contributed by atoms with Crippen molar-refractivity contribution >= 4 is 35.4 Å². The van der Waals surface area contributed by atoms with Crippen molar-refractivity contribution in [2.24, 2.45) is 17.8 Å². The van der Waals surface area contributed by atoms with Crippen LogP contribution in [-0.4, -0.2) is 132 Å². The van der Waals surface area contributed by atoms with Crippen molar-refractivity contribution < 1.29 is 47.7 Å². The summed E-state index contributed by atoms with van der Waals surface area (Å²) in [6.07, 6.45) is 10.8. The molecule has 2 saturated carbocycles. The van der Waals surface area contributed by atoms with E-state index in [0.29, 0.717) is 55.0 Å². The van der Waals surface area contributed by atoms with Gasteiger partial charge < -0.3 is 50.0 Å². The molecule has 2 aliphatic rings. The third-order valence-electron chi connectivity index (χ3n) is 16.4. The first-order valence-electron chi connectivity index (χ1n) is 32.1. The molecule has 8 rings (SSSR count). The standard InChI is InChI=1S/C36H49N5O5.C35H47N5O5/c1-24(2)18-27(20-33(42)37-22-34(43)40(4)5)38-36(44)29-21-30(41(39-29)28-15-10-12-25(3)19-28)35-31(45-6)16-11-17-32(35)46-23-26-13-8-7-9-14-26;1-24(2)19-26(20-32(41)36-22-33(42)39(3)4)37-35(43)28-21-29(40(38-28)27-15-10-7-11-16-27)34-30(44-5)17-12-18-31(34)45-23-25-13-8-6-9-14-25/h7-9,11,13-14,16-17,21,24-25,27-28H,10,12,15,18-20,22-23H2,1-6H3,(H,37,42)(H,38,44);6,8-9,12-14,17-18,21,24,26-27H,7,10-11,15-16,19-20,22-23H2,1-5H3,(H,36,41)(H,37,43)/t25?,27-,28?;26-/m00/s1. The fourth-order valence-corrected chi connectivity index (χ4v) is 11.8. The largest absolute Gasteiger partial charge is 0.496 e. The molecule has 0 radical (unpaired) electrons. The highest BCUT2D eigenvalue weighted by Gasteiger charge is 2.32. The van der Waals surface area contributed by atoms with Crippen LogP contribution in [0.5, 0.6) is 23.0 Å². The van der Waals surface area contributed by atoms with Crippen molar-refractivity contribution in [3.63, 3.8) is 0 Å². The number of nitrogens with one attached hydrogen (secondary N) is 4. The van der Waals surface area contributed by atoms with Crippen LogP contribution in [0, 0.1) is 17.8 Å². The predicted molar refractivity (Wildman–Crippen MR) is 353 cm³/mol. The molecule has 4 N–H and O–H groups in total. The molecule has 6 aromatic rings. The lowest BCUT2D eigenvalue weighted by Gasteiger charge is -2.29. The van der Waals surface area contributed by atoms with Gasteiger partial charge in [-0.25, -0.2) is 0 Å². The minimum atomic E-state index is -0.429. The van der Waals surface area contributed by atoms with Crippen molar-refractivity contribution in [1.82, 2.24) is 50.6 Å². The first-order valence-corrected chi connectivity index (χ1v) is 32.1. The van der Waals surface area contributed by atoms with Crippen LogP contribution in [0.25, 0.3) is 22.5 Å². The second-order valence-electron chi connectivity index (χ2n) is 25.3. The Bertz CT molecular complexity index is 3340. The average molecular weight is 1250 g/mol. The third-order valence-corrected chi connectivity index (χ3v) is 16.4. The second kappa shape index (κ2) is 34.5. The number of aromatic nitrogens is 4. The van der Waals surface area contributed by atoms with Crippen molar-refractivity contribution in [3.8, 4) is 45.5 Å². The highest BCUT2D eigenvalue weighted by atomic mass is 16.5. The summed E-state index contributed by atoms with van der Waals surface area (Å²) >= 11 is 0. The van der Waals surface area contributed by atoms with E-state index in [1.807, 2.05) is 140 Å². The zero-order valence-corrected chi connectivity index (χ0v) is 55.2. The van der Waals surface area contributed by atoms with Gasteiger partial charge in [-0.2, -0.15) is 10.2 Å². The summed E-state index contributed by atoms with van der Waals surface area (Å²) in [5.41, 5.74) is 5.62. The van der Waals surface area contributed by atoms with Crippen molar-refractivity contribution in [1.29, 1.82) is 0 Å². The molecule has 20 nitrogen and oxygen atoms in total. The van der Waals surface area contributed by atoms with Crippen LogP contribution in [0.2, 0.25) is 0 Å². The number of rotatable bonds is 28. The first-order chi connectivity index (χ1) is 43.7. The molecule has 2 fully saturated rings. The van der Waals surface area contributed by atoms with E-state index >= 15 is 0 Å². The number of ether oxygens (including phenoxy) is 4. The minimum absolute atomic E-state index is 0.0579. The summed E-state index contributed by atoms with van der Waals surface area (Å²) in [6, 6.07) is 34.3. The monoisotopic (exact) mass is 1250 g/mol. The molecule has 0 spiro atoms. The van der Waals surface area contributed by atoms with Gasteiger partial charge in [0.25, 0.3) is 11.8 Å². The van der Waals surface area contributed by atoms with Crippen LogP contribution in [0.1, 0.15) is 162 Å². The summed E-state index contributed by atoms with van der Waals surface area (Å²) in [5, 5.41) is 21.3. The third kappa shape index (κ3) is 20.7. The summed E-state index contributed by atoms with van der Waals surface area (Å²) in [5.74, 6) is 1.86. The summed E-state index contributed by atoms with van der Waals surface area (Å²) in [6.45, 7) is 11.0. The molecule has 490 valence electrons. The molecule has 0 aliphatic heterocycles. The van der Waals surface area contributed by atoms with E-state index in [-0.39, 0.29) is 96.7 Å². The number of carbonyl (C=O) groups excluding carboxylic acids is 6. The number of carbonyl (C=O) groups is 6. The van der Waals surface area contributed by atoms with Crippen molar-refractivity contribution in [2.45, 2.75) is 155 Å². The Hall–Kier alpha value is -8.68. The summed E-state index contributed by atoms with van der Waals surface area (Å²) in [7, 11) is 9.82.